The molecule has 0 aliphatic carbocycles. The number of nitrogens with zero attached hydrogens (tertiary/aromatic N) is 1. The van der Waals surface area contributed by atoms with Crippen molar-refractivity contribution in [3.63, 3.8) is 0 Å². The van der Waals surface area contributed by atoms with Gasteiger partial charge in [-0.2, -0.15) is 0 Å². The zero-order chi connectivity index (χ0) is 16.0. The Morgan fingerprint density at radius 2 is 2.00 bits per heavy atom. The lowest BCUT2D eigenvalue weighted by molar-refractivity contribution is 0.288. The van der Waals surface area contributed by atoms with Crippen LogP contribution in [0.15, 0.2) is 29.6 Å². The van der Waals surface area contributed by atoms with Gasteiger partial charge in [0.2, 0.25) is 0 Å². The maximum atomic E-state index is 12.8. The van der Waals surface area contributed by atoms with Crippen molar-refractivity contribution in [1.82, 2.24) is 4.98 Å². The molecule has 0 atom stereocenters. The summed E-state index contributed by atoms with van der Waals surface area (Å²) in [6.45, 7) is 5.66. The average Bonchev–Trinajstić information content (AvgIpc) is 2.95. The number of benzene rings is 1. The summed E-state index contributed by atoms with van der Waals surface area (Å²) in [5, 5.41) is 3.25. The predicted molar refractivity (Wildman–Crippen MR) is 89.0 cm³/mol. The van der Waals surface area contributed by atoms with E-state index in [1.54, 1.807) is 23.5 Å². The summed E-state index contributed by atoms with van der Waals surface area (Å²) in [6.07, 6.45) is 2.75. The van der Waals surface area contributed by atoms with Crippen LogP contribution < -0.4 is 10.5 Å². The van der Waals surface area contributed by atoms with Crippen LogP contribution in [0.1, 0.15) is 37.4 Å². The second-order valence-electron chi connectivity index (χ2n) is 5.97. The highest BCUT2D eigenvalue weighted by molar-refractivity contribution is 7.09. The van der Waals surface area contributed by atoms with Gasteiger partial charge in [0.25, 0.3) is 0 Å². The first-order valence-corrected chi connectivity index (χ1v) is 8.42. The summed E-state index contributed by atoms with van der Waals surface area (Å²) >= 11 is 1.70. The number of halogens is 1. The molecule has 0 unspecified atom stereocenters. The molecule has 5 heteroatoms. The molecule has 2 aromatic rings. The van der Waals surface area contributed by atoms with Gasteiger partial charge in [0, 0.05) is 17.2 Å². The minimum absolute atomic E-state index is 0.0314. The second-order valence-corrected chi connectivity index (χ2v) is 6.83. The van der Waals surface area contributed by atoms with Crippen LogP contribution in [0.4, 0.5) is 4.39 Å². The Kier molecular flexibility index (Phi) is 5.91. The van der Waals surface area contributed by atoms with E-state index < -0.39 is 0 Å². The third kappa shape index (κ3) is 4.78. The molecule has 0 aliphatic rings. The van der Waals surface area contributed by atoms with Crippen LogP contribution in [0.3, 0.4) is 0 Å². The van der Waals surface area contributed by atoms with Crippen molar-refractivity contribution in [1.29, 1.82) is 0 Å². The summed E-state index contributed by atoms with van der Waals surface area (Å²) < 4.78 is 18.4. The Balaban J connectivity index is 1.80. The van der Waals surface area contributed by atoms with Crippen molar-refractivity contribution in [2.75, 3.05) is 13.2 Å². The molecule has 0 saturated heterocycles. The van der Waals surface area contributed by atoms with Crippen LogP contribution in [0, 0.1) is 5.82 Å². The summed E-state index contributed by atoms with van der Waals surface area (Å²) in [5.74, 6) is 0.462. The van der Waals surface area contributed by atoms with Crippen molar-refractivity contribution in [2.45, 2.75) is 38.5 Å². The molecule has 0 aliphatic heterocycles. The van der Waals surface area contributed by atoms with Crippen molar-refractivity contribution in [3.8, 4) is 5.75 Å². The number of nitrogens with two attached hydrogens (primary N) is 1. The minimum Gasteiger partial charge on any atom is -0.494 e. The molecule has 2 rings (SSSR count). The number of rotatable bonds is 8. The second kappa shape index (κ2) is 7.70. The van der Waals surface area contributed by atoms with Crippen molar-refractivity contribution in [3.05, 3.63) is 46.2 Å². The molecule has 0 radical (unpaired) electrons. The highest BCUT2D eigenvalue weighted by atomic mass is 32.1. The fraction of sp³-hybridized carbons (Fsp3) is 0.471. The van der Waals surface area contributed by atoms with Gasteiger partial charge in [0.15, 0.2) is 0 Å². The van der Waals surface area contributed by atoms with E-state index in [2.05, 4.69) is 24.2 Å². The molecule has 0 bridgehead atoms. The fourth-order valence-corrected chi connectivity index (χ4v) is 3.23. The third-order valence-electron chi connectivity index (χ3n) is 3.56. The SMILES string of the molecule is CC(C)(CCCOc1ccc(F)cc1)c1nc(CCN)cs1. The molecule has 0 fully saturated rings. The Hall–Kier alpha value is -1.46. The van der Waals surface area contributed by atoms with E-state index >= 15 is 0 Å². The summed E-state index contributed by atoms with van der Waals surface area (Å²) in [4.78, 5) is 4.67. The molecule has 0 saturated carbocycles. The Morgan fingerprint density at radius 3 is 2.68 bits per heavy atom. The van der Waals surface area contributed by atoms with Crippen molar-refractivity contribution >= 4 is 11.3 Å². The number of aromatic nitrogens is 1. The normalized spacial score (nSPS) is 11.6. The Morgan fingerprint density at radius 1 is 1.27 bits per heavy atom. The largest absolute Gasteiger partial charge is 0.494 e. The Labute approximate surface area is 135 Å². The van der Waals surface area contributed by atoms with Crippen molar-refractivity contribution in [2.24, 2.45) is 5.73 Å². The monoisotopic (exact) mass is 322 g/mol. The standard InChI is InChI=1S/C17H23FN2OS/c1-17(2,16-20-14(8-10-19)12-22-16)9-3-11-21-15-6-4-13(18)5-7-15/h4-7,12H,3,8-11,19H2,1-2H3. The lowest BCUT2D eigenvalue weighted by Crippen LogP contribution is -2.18. The molecular formula is C17H23FN2OS. The van der Waals surface area contributed by atoms with Gasteiger partial charge in [-0.1, -0.05) is 13.8 Å². The number of hydrogen-bond acceptors (Lipinski definition) is 4. The minimum atomic E-state index is -0.245. The lowest BCUT2D eigenvalue weighted by atomic mass is 9.89. The summed E-state index contributed by atoms with van der Waals surface area (Å²) in [7, 11) is 0. The van der Waals surface area contributed by atoms with Gasteiger partial charge in [-0.25, -0.2) is 9.37 Å². The van der Waals surface area contributed by atoms with Gasteiger partial charge in [-0.3, -0.25) is 0 Å². The van der Waals surface area contributed by atoms with Crippen LogP contribution >= 0.6 is 11.3 Å². The molecule has 1 aromatic carbocycles. The average molecular weight is 322 g/mol. The molecule has 1 heterocycles. The molecule has 1 aromatic heterocycles. The van der Waals surface area contributed by atoms with Crippen LogP contribution in [0.25, 0.3) is 0 Å². The summed E-state index contributed by atoms with van der Waals surface area (Å²) in [6, 6.07) is 6.13. The highest BCUT2D eigenvalue weighted by Gasteiger charge is 2.23. The smallest absolute Gasteiger partial charge is 0.123 e. The number of hydrogen-bond donors (Lipinski definition) is 1. The molecule has 0 spiro atoms. The highest BCUT2D eigenvalue weighted by Crippen LogP contribution is 2.31. The first-order valence-electron chi connectivity index (χ1n) is 7.54. The quantitative estimate of drug-likeness (QED) is 0.749. The van der Waals surface area contributed by atoms with E-state index in [9.17, 15) is 4.39 Å². The number of thiazole rings is 1. The van der Waals surface area contributed by atoms with Gasteiger partial charge in [-0.15, -0.1) is 11.3 Å². The number of ether oxygens (including phenoxy) is 1. The zero-order valence-electron chi connectivity index (χ0n) is 13.1. The molecule has 120 valence electrons. The first kappa shape index (κ1) is 16.9. The van der Waals surface area contributed by atoms with E-state index in [0.717, 1.165) is 30.0 Å². The van der Waals surface area contributed by atoms with Gasteiger partial charge >= 0.3 is 0 Å². The van der Waals surface area contributed by atoms with Gasteiger partial charge in [0.05, 0.1) is 17.3 Å². The van der Waals surface area contributed by atoms with Crippen LogP contribution in [0.5, 0.6) is 5.75 Å². The first-order chi connectivity index (χ1) is 10.5. The third-order valence-corrected chi connectivity index (χ3v) is 4.82. The Bertz CT molecular complexity index is 581. The molecule has 3 nitrogen and oxygen atoms in total. The van der Waals surface area contributed by atoms with E-state index in [1.165, 1.54) is 12.1 Å². The lowest BCUT2D eigenvalue weighted by Gasteiger charge is -2.21. The molecule has 2 N–H and O–H groups in total. The topological polar surface area (TPSA) is 48.1 Å². The fourth-order valence-electron chi connectivity index (χ4n) is 2.22. The molecular weight excluding hydrogens is 299 g/mol. The van der Waals surface area contributed by atoms with Gasteiger partial charge in [-0.05, 0) is 43.7 Å². The van der Waals surface area contributed by atoms with E-state index in [4.69, 9.17) is 10.5 Å². The van der Waals surface area contributed by atoms with Gasteiger partial charge < -0.3 is 10.5 Å². The van der Waals surface area contributed by atoms with E-state index in [-0.39, 0.29) is 11.2 Å². The van der Waals surface area contributed by atoms with E-state index in [1.807, 2.05) is 0 Å². The van der Waals surface area contributed by atoms with Crippen LogP contribution in [-0.4, -0.2) is 18.1 Å². The maximum Gasteiger partial charge on any atom is 0.123 e. The summed E-state index contributed by atoms with van der Waals surface area (Å²) in [5.41, 5.74) is 6.68. The van der Waals surface area contributed by atoms with Crippen molar-refractivity contribution < 1.29 is 9.13 Å². The zero-order valence-corrected chi connectivity index (χ0v) is 14.0. The molecule has 0 amide bonds. The predicted octanol–water partition coefficient (Wildman–Crippen LogP) is 3.92. The van der Waals surface area contributed by atoms with Crippen LogP contribution in [0.2, 0.25) is 0 Å². The van der Waals surface area contributed by atoms with E-state index in [0.29, 0.717) is 18.9 Å². The van der Waals surface area contributed by atoms with Crippen LogP contribution in [-0.2, 0) is 11.8 Å². The maximum absolute atomic E-state index is 12.8. The van der Waals surface area contributed by atoms with Gasteiger partial charge in [0.1, 0.15) is 11.6 Å². The molecule has 22 heavy (non-hydrogen) atoms.